The molecule has 2 rings (SSSR count). The van der Waals surface area contributed by atoms with Crippen molar-refractivity contribution < 1.29 is 13.2 Å². The molecule has 0 aliphatic carbocycles. The molecule has 0 spiro atoms. The van der Waals surface area contributed by atoms with Crippen LogP contribution in [0.4, 0.5) is 18.9 Å². The van der Waals surface area contributed by atoms with Crippen LogP contribution in [-0.2, 0) is 6.18 Å². The van der Waals surface area contributed by atoms with Gasteiger partial charge in [0.2, 0.25) is 0 Å². The molecule has 112 valence electrons. The Balaban J connectivity index is 2.03. The molecular weight excluding hydrogens is 265 g/mol. The highest BCUT2D eigenvalue weighted by atomic mass is 19.4. The molecule has 2 unspecified atom stereocenters. The third-order valence-electron chi connectivity index (χ3n) is 3.93. The minimum atomic E-state index is -4.26. The number of nitrogens with one attached hydrogen (secondary N) is 1. The van der Waals surface area contributed by atoms with E-state index in [0.29, 0.717) is 12.0 Å². The van der Waals surface area contributed by atoms with Gasteiger partial charge < -0.3 is 10.2 Å². The van der Waals surface area contributed by atoms with Crippen molar-refractivity contribution >= 4 is 5.69 Å². The molecule has 0 radical (unpaired) electrons. The summed E-state index contributed by atoms with van der Waals surface area (Å²) >= 11 is 0. The molecule has 0 amide bonds. The van der Waals surface area contributed by atoms with Crippen molar-refractivity contribution in [2.75, 3.05) is 24.5 Å². The zero-order valence-corrected chi connectivity index (χ0v) is 11.9. The van der Waals surface area contributed by atoms with E-state index in [0.717, 1.165) is 43.9 Å². The van der Waals surface area contributed by atoms with Crippen LogP contribution in [0.5, 0.6) is 0 Å². The van der Waals surface area contributed by atoms with Crippen LogP contribution in [0.1, 0.15) is 25.8 Å². The van der Waals surface area contributed by atoms with Crippen molar-refractivity contribution in [2.24, 2.45) is 5.92 Å². The molecule has 1 aliphatic rings. The molecule has 0 aromatic heterocycles. The van der Waals surface area contributed by atoms with Crippen molar-refractivity contribution in [3.05, 3.63) is 29.8 Å². The molecule has 2 atom stereocenters. The van der Waals surface area contributed by atoms with Crippen LogP contribution in [0.25, 0.3) is 0 Å². The number of piperidine rings is 1. The minimum Gasteiger partial charge on any atom is -0.371 e. The summed E-state index contributed by atoms with van der Waals surface area (Å²) in [4.78, 5) is 2.17. The molecule has 1 heterocycles. The lowest BCUT2D eigenvalue weighted by Gasteiger charge is -2.38. The first-order valence-corrected chi connectivity index (χ1v) is 7.07. The standard InChI is InChI=1S/C15H21F3N2/c1-3-19-14-8-9-20(10-11(14)2)13-6-4-12(5-7-13)15(16,17)18/h4-7,11,14,19H,3,8-10H2,1-2H3. The Morgan fingerprint density at radius 1 is 1.25 bits per heavy atom. The molecule has 1 aromatic carbocycles. The number of hydrogen-bond acceptors (Lipinski definition) is 2. The summed E-state index contributed by atoms with van der Waals surface area (Å²) in [5, 5.41) is 3.46. The first-order valence-electron chi connectivity index (χ1n) is 7.07. The summed E-state index contributed by atoms with van der Waals surface area (Å²) in [5.41, 5.74) is 0.289. The molecule has 0 saturated carbocycles. The molecule has 1 fully saturated rings. The number of benzene rings is 1. The van der Waals surface area contributed by atoms with Gasteiger partial charge in [0, 0.05) is 24.8 Å². The zero-order valence-electron chi connectivity index (χ0n) is 11.9. The van der Waals surface area contributed by atoms with E-state index in [1.165, 1.54) is 0 Å². The van der Waals surface area contributed by atoms with Crippen LogP contribution < -0.4 is 10.2 Å². The van der Waals surface area contributed by atoms with Gasteiger partial charge in [-0.15, -0.1) is 0 Å². The van der Waals surface area contributed by atoms with Gasteiger partial charge in [-0.1, -0.05) is 13.8 Å². The van der Waals surface area contributed by atoms with Crippen LogP contribution in [-0.4, -0.2) is 25.7 Å². The molecule has 2 nitrogen and oxygen atoms in total. The van der Waals surface area contributed by atoms with Gasteiger partial charge in [-0.3, -0.25) is 0 Å². The van der Waals surface area contributed by atoms with Crippen molar-refractivity contribution in [2.45, 2.75) is 32.5 Å². The van der Waals surface area contributed by atoms with E-state index >= 15 is 0 Å². The SMILES string of the molecule is CCNC1CCN(c2ccc(C(F)(F)F)cc2)CC1C. The monoisotopic (exact) mass is 286 g/mol. The fourth-order valence-corrected chi connectivity index (χ4v) is 2.81. The Morgan fingerprint density at radius 2 is 1.90 bits per heavy atom. The first-order chi connectivity index (χ1) is 9.41. The summed E-state index contributed by atoms with van der Waals surface area (Å²) < 4.78 is 37.6. The lowest BCUT2D eigenvalue weighted by Crippen LogP contribution is -2.48. The maximum absolute atomic E-state index is 12.5. The third kappa shape index (κ3) is 3.45. The average molecular weight is 286 g/mol. The smallest absolute Gasteiger partial charge is 0.371 e. The fourth-order valence-electron chi connectivity index (χ4n) is 2.81. The molecule has 1 saturated heterocycles. The predicted octanol–water partition coefficient (Wildman–Crippen LogP) is 3.53. The van der Waals surface area contributed by atoms with Gasteiger partial charge in [0.05, 0.1) is 5.56 Å². The number of rotatable bonds is 3. The van der Waals surface area contributed by atoms with E-state index < -0.39 is 11.7 Å². The Labute approximate surface area is 118 Å². The second kappa shape index (κ2) is 6.04. The fraction of sp³-hybridized carbons (Fsp3) is 0.600. The second-order valence-electron chi connectivity index (χ2n) is 5.42. The van der Waals surface area contributed by atoms with Gasteiger partial charge >= 0.3 is 6.18 Å². The van der Waals surface area contributed by atoms with Crippen molar-refractivity contribution in [1.82, 2.24) is 5.32 Å². The summed E-state index contributed by atoms with van der Waals surface area (Å²) in [6, 6.07) is 5.98. The van der Waals surface area contributed by atoms with Gasteiger partial charge in [0.1, 0.15) is 0 Å². The number of anilines is 1. The number of halogens is 3. The molecule has 20 heavy (non-hydrogen) atoms. The van der Waals surface area contributed by atoms with Crippen LogP contribution in [0, 0.1) is 5.92 Å². The van der Waals surface area contributed by atoms with Gasteiger partial charge in [0.15, 0.2) is 0 Å². The van der Waals surface area contributed by atoms with E-state index in [1.54, 1.807) is 12.1 Å². The van der Waals surface area contributed by atoms with E-state index in [1.807, 2.05) is 0 Å². The highest BCUT2D eigenvalue weighted by Gasteiger charge is 2.31. The Hall–Kier alpha value is -1.23. The summed E-state index contributed by atoms with van der Waals surface area (Å²) in [7, 11) is 0. The molecule has 0 bridgehead atoms. The maximum atomic E-state index is 12.5. The summed E-state index contributed by atoms with van der Waals surface area (Å²) in [6.45, 7) is 6.99. The van der Waals surface area contributed by atoms with Gasteiger partial charge in [-0.05, 0) is 43.1 Å². The number of hydrogen-bond donors (Lipinski definition) is 1. The first kappa shape index (κ1) is 15.2. The van der Waals surface area contributed by atoms with E-state index in [-0.39, 0.29) is 0 Å². The van der Waals surface area contributed by atoms with Gasteiger partial charge in [-0.2, -0.15) is 13.2 Å². The van der Waals surface area contributed by atoms with Crippen LogP contribution in [0.15, 0.2) is 24.3 Å². The third-order valence-corrected chi connectivity index (χ3v) is 3.93. The lowest BCUT2D eigenvalue weighted by atomic mass is 9.93. The summed E-state index contributed by atoms with van der Waals surface area (Å²) in [6.07, 6.45) is -3.24. The largest absolute Gasteiger partial charge is 0.416 e. The highest BCUT2D eigenvalue weighted by molar-refractivity contribution is 5.48. The number of nitrogens with zero attached hydrogens (tertiary/aromatic N) is 1. The van der Waals surface area contributed by atoms with E-state index in [9.17, 15) is 13.2 Å². The van der Waals surface area contributed by atoms with Crippen molar-refractivity contribution in [1.29, 1.82) is 0 Å². The summed E-state index contributed by atoms with van der Waals surface area (Å²) in [5.74, 6) is 0.492. The Morgan fingerprint density at radius 3 is 2.40 bits per heavy atom. The van der Waals surface area contributed by atoms with E-state index in [4.69, 9.17) is 0 Å². The maximum Gasteiger partial charge on any atom is 0.416 e. The Bertz CT molecular complexity index is 428. The van der Waals surface area contributed by atoms with Crippen molar-refractivity contribution in [3.8, 4) is 0 Å². The molecule has 1 aromatic rings. The van der Waals surface area contributed by atoms with Crippen LogP contribution in [0.2, 0.25) is 0 Å². The van der Waals surface area contributed by atoms with Gasteiger partial charge in [0.25, 0.3) is 0 Å². The average Bonchev–Trinajstić information content (AvgIpc) is 2.40. The Kier molecular flexibility index (Phi) is 4.58. The van der Waals surface area contributed by atoms with Crippen LogP contribution >= 0.6 is 0 Å². The lowest BCUT2D eigenvalue weighted by molar-refractivity contribution is -0.137. The molecule has 5 heteroatoms. The predicted molar refractivity (Wildman–Crippen MR) is 74.9 cm³/mol. The van der Waals surface area contributed by atoms with Crippen LogP contribution in [0.3, 0.4) is 0 Å². The normalized spacial score (nSPS) is 23.9. The quantitative estimate of drug-likeness (QED) is 0.914. The zero-order chi connectivity index (χ0) is 14.8. The number of alkyl halides is 3. The minimum absolute atomic E-state index is 0.492. The second-order valence-corrected chi connectivity index (χ2v) is 5.42. The highest BCUT2D eigenvalue weighted by Crippen LogP contribution is 2.31. The molecular formula is C15H21F3N2. The molecule has 1 aliphatic heterocycles. The topological polar surface area (TPSA) is 15.3 Å². The molecule has 1 N–H and O–H groups in total. The van der Waals surface area contributed by atoms with E-state index in [2.05, 4.69) is 24.1 Å². The van der Waals surface area contributed by atoms with Crippen molar-refractivity contribution in [3.63, 3.8) is 0 Å². The van der Waals surface area contributed by atoms with Gasteiger partial charge in [-0.25, -0.2) is 0 Å².